The van der Waals surface area contributed by atoms with Crippen molar-refractivity contribution in [1.82, 2.24) is 0 Å². The second kappa shape index (κ2) is 3.15. The lowest BCUT2D eigenvalue weighted by atomic mass is 10.5. The SMILES string of the molecule is O=P1(CBr)OCCCO1. The highest BCUT2D eigenvalue weighted by Gasteiger charge is 2.25. The van der Waals surface area contributed by atoms with E-state index in [1.165, 1.54) is 0 Å². The average molecular weight is 215 g/mol. The summed E-state index contributed by atoms with van der Waals surface area (Å²) >= 11 is 3.05. The van der Waals surface area contributed by atoms with Gasteiger partial charge in [0.05, 0.1) is 13.2 Å². The van der Waals surface area contributed by atoms with E-state index in [9.17, 15) is 4.57 Å². The fraction of sp³-hybridized carbons (Fsp3) is 1.00. The molecule has 0 radical (unpaired) electrons. The first-order chi connectivity index (χ1) is 4.27. The van der Waals surface area contributed by atoms with E-state index in [1.54, 1.807) is 0 Å². The van der Waals surface area contributed by atoms with Gasteiger partial charge in [-0.15, -0.1) is 0 Å². The number of alkyl halides is 1. The average Bonchev–Trinajstić information content (AvgIpc) is 1.90. The quantitative estimate of drug-likeness (QED) is 0.495. The molecule has 1 rings (SSSR count). The molecule has 1 fully saturated rings. The molecule has 3 nitrogen and oxygen atoms in total. The van der Waals surface area contributed by atoms with E-state index in [2.05, 4.69) is 15.9 Å². The van der Waals surface area contributed by atoms with Crippen molar-refractivity contribution in [2.24, 2.45) is 0 Å². The number of hydrogen-bond acceptors (Lipinski definition) is 3. The summed E-state index contributed by atoms with van der Waals surface area (Å²) in [5, 5.41) is 0.306. The molecule has 5 heteroatoms. The van der Waals surface area contributed by atoms with Gasteiger partial charge in [0, 0.05) is 0 Å². The summed E-state index contributed by atoms with van der Waals surface area (Å²) in [4.78, 5) is 0. The predicted molar refractivity (Wildman–Crippen MR) is 37.9 cm³/mol. The van der Waals surface area contributed by atoms with Crippen LogP contribution in [0.15, 0.2) is 0 Å². The Morgan fingerprint density at radius 3 is 2.33 bits per heavy atom. The largest absolute Gasteiger partial charge is 0.341 e. The lowest BCUT2D eigenvalue weighted by molar-refractivity contribution is 0.149. The molecule has 0 aliphatic carbocycles. The van der Waals surface area contributed by atoms with Crippen LogP contribution in [0, 0.1) is 0 Å². The third kappa shape index (κ3) is 2.04. The Bertz CT molecular complexity index is 128. The lowest BCUT2D eigenvalue weighted by Gasteiger charge is -2.20. The molecule has 1 saturated heterocycles. The van der Waals surface area contributed by atoms with Crippen LogP contribution in [0.3, 0.4) is 0 Å². The van der Waals surface area contributed by atoms with Gasteiger partial charge < -0.3 is 9.05 Å². The topological polar surface area (TPSA) is 35.5 Å². The standard InChI is InChI=1S/C4H8BrO3P/c5-4-9(6)7-2-1-3-8-9/h1-4H2. The van der Waals surface area contributed by atoms with Gasteiger partial charge >= 0.3 is 7.60 Å². The highest BCUT2D eigenvalue weighted by molar-refractivity contribution is 9.10. The molecule has 0 aromatic rings. The van der Waals surface area contributed by atoms with Crippen LogP contribution in [-0.2, 0) is 13.6 Å². The van der Waals surface area contributed by atoms with Crippen LogP contribution < -0.4 is 0 Å². The molecule has 0 aromatic heterocycles. The molecule has 0 bridgehead atoms. The van der Waals surface area contributed by atoms with E-state index in [4.69, 9.17) is 9.05 Å². The monoisotopic (exact) mass is 214 g/mol. The summed E-state index contributed by atoms with van der Waals surface area (Å²) in [6.07, 6.45) is 0.844. The van der Waals surface area contributed by atoms with Crippen molar-refractivity contribution in [1.29, 1.82) is 0 Å². The number of rotatable bonds is 1. The Morgan fingerprint density at radius 1 is 1.44 bits per heavy atom. The zero-order valence-corrected chi connectivity index (χ0v) is 7.36. The zero-order valence-electron chi connectivity index (χ0n) is 4.88. The maximum absolute atomic E-state index is 11.1. The van der Waals surface area contributed by atoms with Crippen LogP contribution in [0.2, 0.25) is 0 Å². The van der Waals surface area contributed by atoms with E-state index in [1.807, 2.05) is 0 Å². The molecule has 0 unspecified atom stereocenters. The normalized spacial score (nSPS) is 25.9. The van der Waals surface area contributed by atoms with Gasteiger partial charge in [0.15, 0.2) is 0 Å². The second-order valence-electron chi connectivity index (χ2n) is 1.75. The van der Waals surface area contributed by atoms with Crippen LogP contribution in [0.4, 0.5) is 0 Å². The summed E-state index contributed by atoms with van der Waals surface area (Å²) in [7, 11) is -2.68. The third-order valence-corrected chi connectivity index (χ3v) is 4.30. The van der Waals surface area contributed by atoms with E-state index >= 15 is 0 Å². The van der Waals surface area contributed by atoms with Crippen LogP contribution in [0.25, 0.3) is 0 Å². The fourth-order valence-electron chi connectivity index (χ4n) is 0.572. The molecule has 0 N–H and O–H groups in total. The van der Waals surface area contributed by atoms with Crippen LogP contribution in [0.5, 0.6) is 0 Å². The molecule has 0 atom stereocenters. The maximum Gasteiger partial charge on any atom is 0.341 e. The van der Waals surface area contributed by atoms with Crippen LogP contribution in [-0.4, -0.2) is 18.3 Å². The minimum absolute atomic E-state index is 0.306. The van der Waals surface area contributed by atoms with Crippen LogP contribution >= 0.6 is 23.5 Å². The molecular formula is C4H8BrO3P. The highest BCUT2D eigenvalue weighted by atomic mass is 79.9. The summed E-state index contributed by atoms with van der Waals surface area (Å²) in [6, 6.07) is 0. The van der Waals surface area contributed by atoms with Crippen molar-refractivity contribution in [3.8, 4) is 0 Å². The van der Waals surface area contributed by atoms with Gasteiger partial charge in [-0.1, -0.05) is 15.9 Å². The smallest absolute Gasteiger partial charge is 0.308 e. The molecule has 1 aliphatic rings. The molecule has 0 saturated carbocycles. The first-order valence-corrected chi connectivity index (χ1v) is 5.56. The highest BCUT2D eigenvalue weighted by Crippen LogP contribution is 2.51. The molecule has 1 heterocycles. The Morgan fingerprint density at radius 2 is 2.00 bits per heavy atom. The number of hydrogen-bond donors (Lipinski definition) is 0. The Balaban J connectivity index is 2.47. The van der Waals surface area contributed by atoms with Gasteiger partial charge in [0.2, 0.25) is 0 Å². The third-order valence-electron chi connectivity index (χ3n) is 1.01. The van der Waals surface area contributed by atoms with E-state index in [-0.39, 0.29) is 0 Å². The number of halogens is 1. The first-order valence-electron chi connectivity index (χ1n) is 2.71. The van der Waals surface area contributed by atoms with E-state index < -0.39 is 7.60 Å². The van der Waals surface area contributed by atoms with Crippen molar-refractivity contribution < 1.29 is 13.6 Å². The maximum atomic E-state index is 11.1. The van der Waals surface area contributed by atoms with Crippen molar-refractivity contribution in [2.75, 3.05) is 18.3 Å². The fourth-order valence-corrected chi connectivity index (χ4v) is 2.47. The van der Waals surface area contributed by atoms with Gasteiger partial charge in [-0.05, 0) is 6.42 Å². The van der Waals surface area contributed by atoms with Gasteiger partial charge in [0.1, 0.15) is 5.07 Å². The molecule has 9 heavy (non-hydrogen) atoms. The molecular weight excluding hydrogens is 207 g/mol. The van der Waals surface area contributed by atoms with Crippen LogP contribution in [0.1, 0.15) is 6.42 Å². The lowest BCUT2D eigenvalue weighted by Crippen LogP contribution is -2.08. The van der Waals surface area contributed by atoms with Crippen molar-refractivity contribution in [2.45, 2.75) is 6.42 Å². The Kier molecular flexibility index (Phi) is 2.71. The van der Waals surface area contributed by atoms with Gasteiger partial charge in [-0.2, -0.15) is 0 Å². The second-order valence-corrected chi connectivity index (χ2v) is 5.23. The van der Waals surface area contributed by atoms with Gasteiger partial charge in [0.25, 0.3) is 0 Å². The summed E-state index contributed by atoms with van der Waals surface area (Å²) in [6.45, 7) is 1.12. The minimum Gasteiger partial charge on any atom is -0.308 e. The van der Waals surface area contributed by atoms with Crippen molar-refractivity contribution in [3.63, 3.8) is 0 Å². The molecule has 0 aromatic carbocycles. The first kappa shape index (κ1) is 7.73. The molecule has 54 valence electrons. The molecule has 0 amide bonds. The zero-order chi connectivity index (χ0) is 6.74. The van der Waals surface area contributed by atoms with Crippen molar-refractivity contribution >= 4 is 23.5 Å². The molecule has 1 aliphatic heterocycles. The van der Waals surface area contributed by atoms with E-state index in [0.717, 1.165) is 6.42 Å². The summed E-state index contributed by atoms with van der Waals surface area (Å²) < 4.78 is 20.9. The van der Waals surface area contributed by atoms with E-state index in [0.29, 0.717) is 18.3 Å². The van der Waals surface area contributed by atoms with Gasteiger partial charge in [-0.25, -0.2) is 0 Å². The summed E-state index contributed by atoms with van der Waals surface area (Å²) in [5.41, 5.74) is 0. The summed E-state index contributed by atoms with van der Waals surface area (Å²) in [5.74, 6) is 0. The Labute approximate surface area is 62.4 Å². The van der Waals surface area contributed by atoms with Crippen molar-refractivity contribution in [3.05, 3.63) is 0 Å². The molecule has 0 spiro atoms. The minimum atomic E-state index is -2.68. The predicted octanol–water partition coefficient (Wildman–Crippen LogP) is 1.97. The Hall–Kier alpha value is 0.630. The van der Waals surface area contributed by atoms with Gasteiger partial charge in [-0.3, -0.25) is 4.57 Å².